The zero-order valence-corrected chi connectivity index (χ0v) is 14.1. The molecular weight excluding hydrogens is 405 g/mol. The molecule has 6 heteroatoms. The molecule has 2 aromatic rings. The fraction of sp³-hybridized carbons (Fsp3) is 0.133. The van der Waals surface area contributed by atoms with Crippen molar-refractivity contribution in [1.82, 2.24) is 0 Å². The van der Waals surface area contributed by atoms with Crippen LogP contribution in [0, 0.1) is 3.57 Å². The summed E-state index contributed by atoms with van der Waals surface area (Å²) < 4.78 is 11.1. The van der Waals surface area contributed by atoms with E-state index in [4.69, 9.17) is 21.1 Å². The lowest BCUT2D eigenvalue weighted by Crippen LogP contribution is -2.14. The predicted molar refractivity (Wildman–Crippen MR) is 91.0 cm³/mol. The molecule has 0 aliphatic carbocycles. The van der Waals surface area contributed by atoms with Crippen LogP contribution in [0.25, 0.3) is 0 Å². The second-order valence-corrected chi connectivity index (χ2v) is 5.72. The van der Waals surface area contributed by atoms with Gasteiger partial charge in [-0.25, -0.2) is 4.79 Å². The summed E-state index contributed by atoms with van der Waals surface area (Å²) in [7, 11) is 1.52. The third-order valence-electron chi connectivity index (χ3n) is 2.69. The molecule has 0 aliphatic heterocycles. The van der Waals surface area contributed by atoms with Gasteiger partial charge in [0, 0.05) is 9.64 Å². The summed E-state index contributed by atoms with van der Waals surface area (Å²) in [4.78, 5) is 11.8. The molecule has 0 fully saturated rings. The van der Waals surface area contributed by atoms with Crippen LogP contribution in [-0.2, 0) is 11.3 Å². The van der Waals surface area contributed by atoms with Gasteiger partial charge in [-0.2, -0.15) is 0 Å². The molecule has 2 aromatic carbocycles. The van der Waals surface area contributed by atoms with Gasteiger partial charge in [0.2, 0.25) is 0 Å². The van der Waals surface area contributed by atoms with Crippen molar-refractivity contribution in [3.8, 4) is 5.75 Å². The Bertz CT molecular complexity index is 634. The Morgan fingerprint density at radius 1 is 1.29 bits per heavy atom. The van der Waals surface area contributed by atoms with Gasteiger partial charge in [0.1, 0.15) is 12.4 Å². The second kappa shape index (κ2) is 7.51. The number of hydrogen-bond donors (Lipinski definition) is 1. The largest absolute Gasteiger partial charge is 0.495 e. The number of carbonyl (C=O) groups is 1. The summed E-state index contributed by atoms with van der Waals surface area (Å²) in [5.41, 5.74) is 1.52. The van der Waals surface area contributed by atoms with Crippen molar-refractivity contribution in [2.75, 3.05) is 12.4 Å². The van der Waals surface area contributed by atoms with Gasteiger partial charge in [-0.1, -0.05) is 41.9 Å². The number of carbonyl (C=O) groups excluding carboxylic acids is 1. The van der Waals surface area contributed by atoms with Crippen molar-refractivity contribution in [2.45, 2.75) is 6.61 Å². The van der Waals surface area contributed by atoms with E-state index in [1.54, 1.807) is 12.1 Å². The highest BCUT2D eigenvalue weighted by Gasteiger charge is 2.11. The normalized spacial score (nSPS) is 10.0. The van der Waals surface area contributed by atoms with Gasteiger partial charge in [-0.05, 0) is 34.2 Å². The van der Waals surface area contributed by atoms with E-state index in [-0.39, 0.29) is 6.61 Å². The molecule has 4 nitrogen and oxygen atoms in total. The highest BCUT2D eigenvalue weighted by Crippen LogP contribution is 2.32. The number of hydrogen-bond acceptors (Lipinski definition) is 3. The molecule has 110 valence electrons. The first-order valence-corrected chi connectivity index (χ1v) is 7.56. The highest BCUT2D eigenvalue weighted by molar-refractivity contribution is 14.1. The number of anilines is 1. The van der Waals surface area contributed by atoms with Crippen LogP contribution >= 0.6 is 34.2 Å². The lowest BCUT2D eigenvalue weighted by molar-refractivity contribution is 0.155. The first-order chi connectivity index (χ1) is 10.1. The molecule has 0 aromatic heterocycles. The van der Waals surface area contributed by atoms with Crippen molar-refractivity contribution < 1.29 is 14.3 Å². The summed E-state index contributed by atoms with van der Waals surface area (Å²) in [6.07, 6.45) is -0.527. The smallest absolute Gasteiger partial charge is 0.411 e. The Morgan fingerprint density at radius 3 is 2.67 bits per heavy atom. The topological polar surface area (TPSA) is 47.6 Å². The molecule has 0 unspecified atom stereocenters. The van der Waals surface area contributed by atoms with Crippen LogP contribution in [0.1, 0.15) is 5.56 Å². The minimum absolute atomic E-state index is 0.216. The standard InChI is InChI=1S/C15H13ClINO3/c1-20-14-8-13(12(17)7-11(14)16)18-15(19)21-9-10-5-3-2-4-6-10/h2-8H,9H2,1H3,(H,18,19). The van der Waals surface area contributed by atoms with Gasteiger partial charge in [-0.3, -0.25) is 5.32 Å². The van der Waals surface area contributed by atoms with Crippen LogP contribution in [0.4, 0.5) is 10.5 Å². The number of nitrogens with one attached hydrogen (secondary N) is 1. The Kier molecular flexibility index (Phi) is 5.69. The Hall–Kier alpha value is -1.47. The number of rotatable bonds is 4. The summed E-state index contributed by atoms with van der Waals surface area (Å²) in [5, 5.41) is 3.17. The van der Waals surface area contributed by atoms with E-state index in [1.165, 1.54) is 7.11 Å². The highest BCUT2D eigenvalue weighted by atomic mass is 127. The number of methoxy groups -OCH3 is 1. The first-order valence-electron chi connectivity index (χ1n) is 6.11. The van der Waals surface area contributed by atoms with Crippen LogP contribution in [0.15, 0.2) is 42.5 Å². The number of amides is 1. The number of ether oxygens (including phenoxy) is 2. The summed E-state index contributed by atoms with van der Waals surface area (Å²) >= 11 is 8.09. The van der Waals surface area contributed by atoms with E-state index in [0.29, 0.717) is 16.5 Å². The van der Waals surface area contributed by atoms with Crippen molar-refractivity contribution in [3.63, 3.8) is 0 Å². The molecule has 0 atom stereocenters. The van der Waals surface area contributed by atoms with E-state index in [2.05, 4.69) is 27.9 Å². The predicted octanol–water partition coefficient (Wildman–Crippen LogP) is 4.70. The molecule has 0 heterocycles. The van der Waals surface area contributed by atoms with E-state index < -0.39 is 6.09 Å². The Balaban J connectivity index is 1.99. The maximum Gasteiger partial charge on any atom is 0.411 e. The van der Waals surface area contributed by atoms with E-state index in [1.807, 2.05) is 30.3 Å². The molecule has 1 N–H and O–H groups in total. The average Bonchev–Trinajstić information content (AvgIpc) is 2.49. The van der Waals surface area contributed by atoms with Gasteiger partial charge < -0.3 is 9.47 Å². The fourth-order valence-electron chi connectivity index (χ4n) is 1.65. The summed E-state index contributed by atoms with van der Waals surface area (Å²) in [5.74, 6) is 0.496. The van der Waals surface area contributed by atoms with Gasteiger partial charge >= 0.3 is 6.09 Å². The van der Waals surface area contributed by atoms with Crippen LogP contribution in [0.3, 0.4) is 0 Å². The molecule has 1 amide bonds. The second-order valence-electron chi connectivity index (χ2n) is 4.15. The summed E-state index contributed by atoms with van der Waals surface area (Å²) in [6.45, 7) is 0.216. The SMILES string of the molecule is COc1cc(NC(=O)OCc2ccccc2)c(I)cc1Cl. The zero-order chi connectivity index (χ0) is 15.2. The lowest BCUT2D eigenvalue weighted by Gasteiger charge is -2.11. The van der Waals surface area contributed by atoms with Crippen molar-refractivity contribution in [1.29, 1.82) is 0 Å². The van der Waals surface area contributed by atoms with Crippen LogP contribution in [-0.4, -0.2) is 13.2 Å². The van der Waals surface area contributed by atoms with E-state index >= 15 is 0 Å². The third kappa shape index (κ3) is 4.50. The maximum absolute atomic E-state index is 11.8. The molecular formula is C15H13ClINO3. The molecule has 0 saturated carbocycles. The van der Waals surface area contributed by atoms with E-state index in [9.17, 15) is 4.79 Å². The van der Waals surface area contributed by atoms with Gasteiger partial charge in [0.25, 0.3) is 0 Å². The molecule has 0 bridgehead atoms. The average molecular weight is 418 g/mol. The van der Waals surface area contributed by atoms with Crippen molar-refractivity contribution in [3.05, 3.63) is 56.6 Å². The zero-order valence-electron chi connectivity index (χ0n) is 11.2. The van der Waals surface area contributed by atoms with Gasteiger partial charge in [0.15, 0.2) is 0 Å². The molecule has 2 rings (SSSR count). The minimum Gasteiger partial charge on any atom is -0.495 e. The minimum atomic E-state index is -0.527. The molecule has 0 radical (unpaired) electrons. The van der Waals surface area contributed by atoms with Crippen molar-refractivity contribution >= 4 is 46.0 Å². The maximum atomic E-state index is 11.8. The Labute approximate surface area is 141 Å². The van der Waals surface area contributed by atoms with Crippen LogP contribution in [0.5, 0.6) is 5.75 Å². The lowest BCUT2D eigenvalue weighted by atomic mass is 10.2. The van der Waals surface area contributed by atoms with Gasteiger partial charge in [0.05, 0.1) is 17.8 Å². The first kappa shape index (κ1) is 15.9. The number of halogens is 2. The molecule has 21 heavy (non-hydrogen) atoms. The van der Waals surface area contributed by atoms with Crippen molar-refractivity contribution in [2.24, 2.45) is 0 Å². The quantitative estimate of drug-likeness (QED) is 0.734. The molecule has 0 spiro atoms. The summed E-state index contributed by atoms with van der Waals surface area (Å²) in [6, 6.07) is 12.9. The molecule has 0 saturated heterocycles. The molecule has 0 aliphatic rings. The monoisotopic (exact) mass is 417 g/mol. The van der Waals surface area contributed by atoms with E-state index in [0.717, 1.165) is 9.13 Å². The van der Waals surface area contributed by atoms with Crippen LogP contribution < -0.4 is 10.1 Å². The third-order valence-corrected chi connectivity index (χ3v) is 3.88. The van der Waals surface area contributed by atoms with Gasteiger partial charge in [-0.15, -0.1) is 0 Å². The fourth-order valence-corrected chi connectivity index (χ4v) is 2.68. The number of benzene rings is 2. The Morgan fingerprint density at radius 2 is 2.00 bits per heavy atom. The van der Waals surface area contributed by atoms with Crippen LogP contribution in [0.2, 0.25) is 5.02 Å².